The minimum Gasteiger partial charge on any atom is -0.508 e. The molecule has 0 atom stereocenters. The van der Waals surface area contributed by atoms with E-state index in [0.29, 0.717) is 5.65 Å². The van der Waals surface area contributed by atoms with Crippen LogP contribution in [0.4, 0.5) is 0 Å². The van der Waals surface area contributed by atoms with Gasteiger partial charge >= 0.3 is 0 Å². The Morgan fingerprint density at radius 1 is 1.12 bits per heavy atom. The van der Waals surface area contributed by atoms with Crippen molar-refractivity contribution in [2.45, 2.75) is 0 Å². The number of nitrogens with zero attached hydrogens (tertiary/aromatic N) is 3. The van der Waals surface area contributed by atoms with Crippen molar-refractivity contribution in [3.63, 3.8) is 0 Å². The van der Waals surface area contributed by atoms with Crippen molar-refractivity contribution >= 4 is 5.65 Å². The molecule has 0 aliphatic rings. The van der Waals surface area contributed by atoms with Crippen LogP contribution in [0, 0.1) is 0 Å². The first-order valence-electron chi connectivity index (χ1n) is 4.92. The molecule has 0 spiro atoms. The van der Waals surface area contributed by atoms with Crippen LogP contribution in [0.15, 0.2) is 48.9 Å². The summed E-state index contributed by atoms with van der Waals surface area (Å²) in [6, 6.07) is 8.98. The zero-order valence-corrected chi connectivity index (χ0v) is 8.41. The molecule has 4 heteroatoms. The van der Waals surface area contributed by atoms with Crippen LogP contribution in [-0.2, 0) is 0 Å². The Hall–Kier alpha value is -2.36. The van der Waals surface area contributed by atoms with Crippen molar-refractivity contribution in [2.75, 3.05) is 0 Å². The molecule has 0 radical (unpaired) electrons. The van der Waals surface area contributed by atoms with Crippen molar-refractivity contribution < 1.29 is 5.11 Å². The third kappa shape index (κ3) is 1.32. The lowest BCUT2D eigenvalue weighted by Crippen LogP contribution is -1.88. The predicted molar refractivity (Wildman–Crippen MR) is 60.1 cm³/mol. The number of pyridine rings is 2. The largest absolute Gasteiger partial charge is 0.508 e. The first-order chi connectivity index (χ1) is 7.84. The molecule has 0 aromatic carbocycles. The molecule has 0 aliphatic carbocycles. The summed E-state index contributed by atoms with van der Waals surface area (Å²) in [7, 11) is 0. The van der Waals surface area contributed by atoms with Gasteiger partial charge in [0.15, 0.2) is 0 Å². The van der Waals surface area contributed by atoms with Gasteiger partial charge in [0.25, 0.3) is 0 Å². The molecule has 3 rings (SSSR count). The number of aromatic hydroxyl groups is 1. The molecule has 78 valence electrons. The van der Waals surface area contributed by atoms with Crippen LogP contribution in [0.25, 0.3) is 17.0 Å². The Morgan fingerprint density at radius 3 is 2.88 bits per heavy atom. The summed E-state index contributed by atoms with van der Waals surface area (Å²) in [5.41, 5.74) is 2.48. The summed E-state index contributed by atoms with van der Waals surface area (Å²) in [5, 5.41) is 9.34. The van der Waals surface area contributed by atoms with Crippen LogP contribution in [0.1, 0.15) is 0 Å². The molecule has 0 aliphatic heterocycles. The average molecular weight is 211 g/mol. The maximum absolute atomic E-state index is 9.34. The fourth-order valence-electron chi connectivity index (χ4n) is 1.67. The fraction of sp³-hybridized carbons (Fsp3) is 0. The van der Waals surface area contributed by atoms with Crippen LogP contribution in [0.3, 0.4) is 0 Å². The van der Waals surface area contributed by atoms with Crippen LogP contribution >= 0.6 is 0 Å². The van der Waals surface area contributed by atoms with Gasteiger partial charge in [-0.3, -0.25) is 9.38 Å². The van der Waals surface area contributed by atoms with E-state index in [9.17, 15) is 5.11 Å². The Morgan fingerprint density at radius 2 is 2.06 bits per heavy atom. The molecule has 1 N–H and O–H groups in total. The molecule has 0 bridgehead atoms. The lowest BCUT2D eigenvalue weighted by Gasteiger charge is -2.00. The van der Waals surface area contributed by atoms with Gasteiger partial charge < -0.3 is 5.11 Å². The molecule has 0 fully saturated rings. The summed E-state index contributed by atoms with van der Waals surface area (Å²) >= 11 is 0. The topological polar surface area (TPSA) is 50.4 Å². The van der Waals surface area contributed by atoms with Crippen LogP contribution in [0.2, 0.25) is 0 Å². The molecule has 16 heavy (non-hydrogen) atoms. The average Bonchev–Trinajstić information content (AvgIpc) is 2.73. The van der Waals surface area contributed by atoms with E-state index in [1.807, 2.05) is 22.6 Å². The van der Waals surface area contributed by atoms with Crippen molar-refractivity contribution in [3.8, 4) is 17.1 Å². The Balaban J connectivity index is 2.26. The molecule has 3 aromatic rings. The fourth-order valence-corrected chi connectivity index (χ4v) is 1.67. The van der Waals surface area contributed by atoms with Gasteiger partial charge in [-0.2, -0.15) is 0 Å². The van der Waals surface area contributed by atoms with E-state index in [4.69, 9.17) is 0 Å². The summed E-state index contributed by atoms with van der Waals surface area (Å²) in [5.74, 6) is 0.214. The summed E-state index contributed by atoms with van der Waals surface area (Å²) < 4.78 is 1.89. The second-order valence-electron chi connectivity index (χ2n) is 3.47. The SMILES string of the molecule is Oc1ccn2c(-c3ccccn3)cnc2c1. The number of fused-ring (bicyclic) bond motifs is 1. The predicted octanol–water partition coefficient (Wildman–Crippen LogP) is 2.10. The highest BCUT2D eigenvalue weighted by Crippen LogP contribution is 2.20. The third-order valence-corrected chi connectivity index (χ3v) is 2.42. The minimum absolute atomic E-state index is 0.214. The summed E-state index contributed by atoms with van der Waals surface area (Å²) in [4.78, 5) is 8.49. The van der Waals surface area contributed by atoms with Crippen LogP contribution < -0.4 is 0 Å². The van der Waals surface area contributed by atoms with Crippen LogP contribution in [-0.4, -0.2) is 19.5 Å². The Kier molecular flexibility index (Phi) is 1.86. The number of hydrogen-bond donors (Lipinski definition) is 1. The van der Waals surface area contributed by atoms with Crippen molar-refractivity contribution in [2.24, 2.45) is 0 Å². The Bertz CT molecular complexity index is 631. The quantitative estimate of drug-likeness (QED) is 0.670. The standard InChI is InChI=1S/C12H9N3O/c16-9-4-6-15-11(8-14-12(15)7-9)10-3-1-2-5-13-10/h1-8,16H. The molecule has 0 saturated heterocycles. The van der Waals surface area contributed by atoms with Gasteiger partial charge in [-0.05, 0) is 18.2 Å². The molecule has 0 saturated carbocycles. The first kappa shape index (κ1) is 8.91. The maximum atomic E-state index is 9.34. The lowest BCUT2D eigenvalue weighted by atomic mass is 10.3. The number of aromatic nitrogens is 3. The lowest BCUT2D eigenvalue weighted by molar-refractivity contribution is 0.475. The van der Waals surface area contributed by atoms with Gasteiger partial charge in [0.2, 0.25) is 0 Å². The summed E-state index contributed by atoms with van der Waals surface area (Å²) in [6.45, 7) is 0. The van der Waals surface area contributed by atoms with E-state index in [2.05, 4.69) is 9.97 Å². The van der Waals surface area contributed by atoms with E-state index in [1.54, 1.807) is 30.7 Å². The van der Waals surface area contributed by atoms with Gasteiger partial charge in [0.05, 0.1) is 17.6 Å². The van der Waals surface area contributed by atoms with Gasteiger partial charge in [-0.25, -0.2) is 4.98 Å². The number of hydrogen-bond acceptors (Lipinski definition) is 3. The van der Waals surface area contributed by atoms with Gasteiger partial charge in [-0.15, -0.1) is 0 Å². The highest BCUT2D eigenvalue weighted by molar-refractivity contribution is 5.60. The highest BCUT2D eigenvalue weighted by Gasteiger charge is 2.06. The third-order valence-electron chi connectivity index (χ3n) is 2.42. The minimum atomic E-state index is 0.214. The zero-order chi connectivity index (χ0) is 11.0. The first-order valence-corrected chi connectivity index (χ1v) is 4.92. The Labute approximate surface area is 91.8 Å². The maximum Gasteiger partial charge on any atom is 0.140 e. The van der Waals surface area contributed by atoms with Crippen molar-refractivity contribution in [1.82, 2.24) is 14.4 Å². The molecule has 0 unspecified atom stereocenters. The second-order valence-corrected chi connectivity index (χ2v) is 3.47. The van der Waals surface area contributed by atoms with E-state index >= 15 is 0 Å². The number of imidazole rings is 1. The number of rotatable bonds is 1. The van der Waals surface area contributed by atoms with Crippen LogP contribution in [0.5, 0.6) is 5.75 Å². The molecule has 3 aromatic heterocycles. The van der Waals surface area contributed by atoms with Crippen molar-refractivity contribution in [1.29, 1.82) is 0 Å². The second kappa shape index (κ2) is 3.34. The molecular formula is C12H9N3O. The smallest absolute Gasteiger partial charge is 0.140 e. The normalized spacial score (nSPS) is 10.8. The van der Waals surface area contributed by atoms with E-state index in [-0.39, 0.29) is 5.75 Å². The van der Waals surface area contributed by atoms with Gasteiger partial charge in [0.1, 0.15) is 11.4 Å². The zero-order valence-electron chi connectivity index (χ0n) is 8.41. The monoisotopic (exact) mass is 211 g/mol. The molecule has 4 nitrogen and oxygen atoms in total. The van der Waals surface area contributed by atoms with Gasteiger partial charge in [0, 0.05) is 18.5 Å². The van der Waals surface area contributed by atoms with E-state index < -0.39 is 0 Å². The van der Waals surface area contributed by atoms with E-state index in [0.717, 1.165) is 11.4 Å². The molecular weight excluding hydrogens is 202 g/mol. The summed E-state index contributed by atoms with van der Waals surface area (Å²) in [6.07, 6.45) is 5.27. The van der Waals surface area contributed by atoms with E-state index in [1.165, 1.54) is 0 Å². The van der Waals surface area contributed by atoms with Crippen molar-refractivity contribution in [3.05, 3.63) is 48.9 Å². The highest BCUT2D eigenvalue weighted by atomic mass is 16.3. The molecule has 0 amide bonds. The molecule has 3 heterocycles. The van der Waals surface area contributed by atoms with Gasteiger partial charge in [-0.1, -0.05) is 6.07 Å².